The summed E-state index contributed by atoms with van der Waals surface area (Å²) in [6.07, 6.45) is 2.07. The highest BCUT2D eigenvalue weighted by molar-refractivity contribution is 5.81. The maximum Gasteiger partial charge on any atom is 0.239 e. The highest BCUT2D eigenvalue weighted by Gasteiger charge is 2.10. The van der Waals surface area contributed by atoms with Crippen LogP contribution in [0, 0.1) is 0 Å². The third-order valence-corrected chi connectivity index (χ3v) is 2.64. The molecule has 96 valence electrons. The summed E-state index contributed by atoms with van der Waals surface area (Å²) < 4.78 is 5.19. The van der Waals surface area contributed by atoms with E-state index in [1.54, 1.807) is 0 Å². The number of benzene rings is 1. The van der Waals surface area contributed by atoms with Crippen molar-refractivity contribution < 1.29 is 14.3 Å². The number of aliphatic hydroxyl groups excluding tert-OH is 1. The molecular weight excluding hydrogens is 234 g/mol. The van der Waals surface area contributed by atoms with Crippen molar-refractivity contribution in [2.24, 2.45) is 5.73 Å². The summed E-state index contributed by atoms with van der Waals surface area (Å²) in [5.74, 6) is -0.349. The second kappa shape index (κ2) is 5.61. The van der Waals surface area contributed by atoms with Crippen molar-refractivity contribution in [1.29, 1.82) is 0 Å². The molecule has 4 N–H and O–H groups in total. The number of nitrogens with zero attached hydrogens (tertiary/aromatic N) is 1. The fourth-order valence-corrected chi connectivity index (χ4v) is 1.60. The van der Waals surface area contributed by atoms with Crippen LogP contribution in [0.2, 0.25) is 0 Å². The molecule has 0 aliphatic heterocycles. The van der Waals surface area contributed by atoms with Crippen LogP contribution in [-0.2, 0) is 11.2 Å². The number of hydrogen-bond donors (Lipinski definition) is 3. The van der Waals surface area contributed by atoms with Gasteiger partial charge in [-0.1, -0.05) is 6.07 Å². The largest absolute Gasteiger partial charge is 0.443 e. The number of carbonyl (C=O) groups excluding carboxylic acids is 1. The Morgan fingerprint density at radius 3 is 3.17 bits per heavy atom. The van der Waals surface area contributed by atoms with Gasteiger partial charge in [0.05, 0.1) is 6.61 Å². The number of rotatable bonds is 5. The van der Waals surface area contributed by atoms with E-state index in [0.29, 0.717) is 13.0 Å². The summed E-state index contributed by atoms with van der Waals surface area (Å²) in [7, 11) is 0. The minimum Gasteiger partial charge on any atom is -0.443 e. The average Bonchev–Trinajstić information content (AvgIpc) is 2.85. The molecule has 0 aliphatic carbocycles. The van der Waals surface area contributed by atoms with E-state index < -0.39 is 6.04 Å². The minimum absolute atomic E-state index is 0.349. The zero-order valence-electron chi connectivity index (χ0n) is 9.80. The zero-order valence-corrected chi connectivity index (χ0v) is 9.80. The van der Waals surface area contributed by atoms with Gasteiger partial charge >= 0.3 is 0 Å². The lowest BCUT2D eigenvalue weighted by molar-refractivity contribution is -0.123. The quantitative estimate of drug-likeness (QED) is 0.681. The molecule has 6 nitrogen and oxygen atoms in total. The molecule has 0 spiro atoms. The number of aliphatic hydroxyl groups is 1. The minimum atomic E-state index is -0.859. The maximum absolute atomic E-state index is 11.3. The number of nitrogens with two attached hydrogens (primary N) is 1. The smallest absolute Gasteiger partial charge is 0.239 e. The van der Waals surface area contributed by atoms with Crippen LogP contribution in [0.25, 0.3) is 11.1 Å². The van der Waals surface area contributed by atoms with E-state index in [9.17, 15) is 4.79 Å². The fraction of sp³-hybridized carbons (Fsp3) is 0.333. The number of fused-ring (bicyclic) bond motifs is 1. The Hall–Kier alpha value is -1.92. The van der Waals surface area contributed by atoms with Gasteiger partial charge in [0.15, 0.2) is 12.0 Å². The predicted octanol–water partition coefficient (Wildman–Crippen LogP) is -0.194. The second-order valence-electron chi connectivity index (χ2n) is 3.98. The zero-order chi connectivity index (χ0) is 13.0. The van der Waals surface area contributed by atoms with Crippen LogP contribution >= 0.6 is 0 Å². The van der Waals surface area contributed by atoms with Crippen LogP contribution in [-0.4, -0.2) is 35.2 Å². The van der Waals surface area contributed by atoms with Crippen LogP contribution in [0.3, 0.4) is 0 Å². The third kappa shape index (κ3) is 2.85. The molecule has 0 saturated carbocycles. The monoisotopic (exact) mass is 249 g/mol. The van der Waals surface area contributed by atoms with E-state index in [0.717, 1.165) is 16.7 Å². The molecule has 0 aliphatic rings. The van der Waals surface area contributed by atoms with Gasteiger partial charge in [-0.3, -0.25) is 4.79 Å². The summed E-state index contributed by atoms with van der Waals surface area (Å²) in [6, 6.07) is 4.83. The summed E-state index contributed by atoms with van der Waals surface area (Å²) >= 11 is 0. The van der Waals surface area contributed by atoms with Crippen molar-refractivity contribution in [2.45, 2.75) is 12.5 Å². The van der Waals surface area contributed by atoms with Gasteiger partial charge in [-0.2, -0.15) is 0 Å². The lowest BCUT2D eigenvalue weighted by Crippen LogP contribution is -2.43. The third-order valence-electron chi connectivity index (χ3n) is 2.64. The van der Waals surface area contributed by atoms with Crippen molar-refractivity contribution in [3.8, 4) is 0 Å². The van der Waals surface area contributed by atoms with Crippen molar-refractivity contribution in [1.82, 2.24) is 10.3 Å². The molecular formula is C12H15N3O3. The number of hydrogen-bond acceptors (Lipinski definition) is 5. The van der Waals surface area contributed by atoms with Gasteiger partial charge in [0, 0.05) is 6.54 Å². The summed E-state index contributed by atoms with van der Waals surface area (Å²) in [5.41, 5.74) is 7.95. The Kier molecular flexibility index (Phi) is 3.91. The van der Waals surface area contributed by atoms with Gasteiger partial charge < -0.3 is 20.6 Å². The van der Waals surface area contributed by atoms with E-state index in [1.807, 2.05) is 18.2 Å². The number of aromatic nitrogens is 1. The Labute approximate surface area is 104 Å². The number of carbonyl (C=O) groups is 1. The topological polar surface area (TPSA) is 101 Å². The van der Waals surface area contributed by atoms with E-state index in [2.05, 4.69) is 10.3 Å². The highest BCUT2D eigenvalue weighted by atomic mass is 16.3. The molecule has 2 aromatic rings. The first-order valence-electron chi connectivity index (χ1n) is 5.67. The molecule has 1 amide bonds. The van der Waals surface area contributed by atoms with E-state index >= 15 is 0 Å². The normalized spacial score (nSPS) is 12.6. The molecule has 1 aromatic heterocycles. The average molecular weight is 249 g/mol. The maximum atomic E-state index is 11.3. The molecule has 0 bridgehead atoms. The van der Waals surface area contributed by atoms with E-state index in [1.165, 1.54) is 6.39 Å². The molecule has 0 radical (unpaired) electrons. The first-order valence-corrected chi connectivity index (χ1v) is 5.67. The van der Waals surface area contributed by atoms with Crippen molar-refractivity contribution >= 4 is 17.0 Å². The first-order chi connectivity index (χ1) is 8.70. The Morgan fingerprint density at radius 2 is 2.39 bits per heavy atom. The van der Waals surface area contributed by atoms with Crippen LogP contribution in [0.1, 0.15) is 5.56 Å². The van der Waals surface area contributed by atoms with E-state index in [-0.39, 0.29) is 12.5 Å². The van der Waals surface area contributed by atoms with Gasteiger partial charge in [-0.05, 0) is 24.1 Å². The molecule has 18 heavy (non-hydrogen) atoms. The Balaban J connectivity index is 1.88. The van der Waals surface area contributed by atoms with Gasteiger partial charge in [0.2, 0.25) is 5.91 Å². The highest BCUT2D eigenvalue weighted by Crippen LogP contribution is 2.14. The molecule has 0 fully saturated rings. The molecule has 1 unspecified atom stereocenters. The van der Waals surface area contributed by atoms with Gasteiger partial charge in [-0.25, -0.2) is 4.98 Å². The number of nitrogens with one attached hydrogen (secondary N) is 1. The van der Waals surface area contributed by atoms with E-state index in [4.69, 9.17) is 15.3 Å². The summed E-state index contributed by atoms with van der Waals surface area (Å²) in [5, 5.41) is 11.4. The lowest BCUT2D eigenvalue weighted by atomic mass is 10.1. The predicted molar refractivity (Wildman–Crippen MR) is 65.8 cm³/mol. The summed E-state index contributed by atoms with van der Waals surface area (Å²) in [4.78, 5) is 15.3. The number of oxazole rings is 1. The molecule has 0 saturated heterocycles. The van der Waals surface area contributed by atoms with Gasteiger partial charge in [0.25, 0.3) is 0 Å². The second-order valence-corrected chi connectivity index (χ2v) is 3.98. The van der Waals surface area contributed by atoms with Crippen molar-refractivity contribution in [3.05, 3.63) is 30.2 Å². The summed E-state index contributed by atoms with van der Waals surface area (Å²) in [6.45, 7) is 0.113. The van der Waals surface area contributed by atoms with Crippen molar-refractivity contribution in [3.63, 3.8) is 0 Å². The Morgan fingerprint density at radius 1 is 1.56 bits per heavy atom. The van der Waals surface area contributed by atoms with Crippen LogP contribution < -0.4 is 11.1 Å². The molecule has 1 aromatic carbocycles. The molecule has 6 heteroatoms. The lowest BCUT2D eigenvalue weighted by Gasteiger charge is -2.09. The first kappa shape index (κ1) is 12.5. The van der Waals surface area contributed by atoms with Crippen LogP contribution in [0.5, 0.6) is 0 Å². The fourth-order valence-electron chi connectivity index (χ4n) is 1.60. The number of amides is 1. The van der Waals surface area contributed by atoms with Crippen LogP contribution in [0.15, 0.2) is 29.0 Å². The van der Waals surface area contributed by atoms with Crippen LogP contribution in [0.4, 0.5) is 0 Å². The SMILES string of the molecule is NC(CO)C(=O)NCCc1ccc2ncoc2c1. The van der Waals surface area contributed by atoms with Crippen molar-refractivity contribution in [2.75, 3.05) is 13.2 Å². The molecule has 1 heterocycles. The molecule has 1 atom stereocenters. The standard InChI is InChI=1S/C12H15N3O3/c13-9(6-16)12(17)14-4-3-8-1-2-10-11(5-8)18-7-15-10/h1-2,5,7,9,16H,3-4,6,13H2,(H,14,17). The Bertz CT molecular complexity index is 538. The van der Waals surface area contributed by atoms with Gasteiger partial charge in [-0.15, -0.1) is 0 Å². The van der Waals surface area contributed by atoms with Gasteiger partial charge in [0.1, 0.15) is 11.6 Å². The molecule has 2 rings (SSSR count).